The Balaban J connectivity index is 1.41. The quantitative estimate of drug-likeness (QED) is 0.624. The second-order valence-electron chi connectivity index (χ2n) is 6.17. The summed E-state index contributed by atoms with van der Waals surface area (Å²) in [6.45, 7) is 2.06. The maximum atomic E-state index is 4.35. The van der Waals surface area contributed by atoms with Gasteiger partial charge in [0.1, 0.15) is 0 Å². The van der Waals surface area contributed by atoms with Crippen LogP contribution in [0.25, 0.3) is 0 Å². The molecule has 2 aliphatic carbocycles. The fourth-order valence-electron chi connectivity index (χ4n) is 3.30. The second kappa shape index (κ2) is 6.17. The van der Waals surface area contributed by atoms with Crippen molar-refractivity contribution in [2.45, 2.75) is 38.5 Å². The van der Waals surface area contributed by atoms with Crippen LogP contribution in [-0.4, -0.2) is 26.1 Å². The van der Waals surface area contributed by atoms with E-state index in [1.165, 1.54) is 37.0 Å². The lowest BCUT2D eigenvalue weighted by Crippen LogP contribution is -2.47. The van der Waals surface area contributed by atoms with E-state index < -0.39 is 0 Å². The number of hydrogen-bond donors (Lipinski definition) is 2. The van der Waals surface area contributed by atoms with Gasteiger partial charge < -0.3 is 10.6 Å². The predicted octanol–water partition coefficient (Wildman–Crippen LogP) is 3.04. The van der Waals surface area contributed by atoms with Crippen molar-refractivity contribution in [1.82, 2.24) is 10.6 Å². The van der Waals surface area contributed by atoms with Crippen LogP contribution in [0, 0.1) is 11.3 Å². The molecule has 1 heterocycles. The molecule has 0 unspecified atom stereocenters. The lowest BCUT2D eigenvalue weighted by atomic mass is 9.65. The SMILES string of the molecule is CN=C(NCCc1cccs1)NCC1(C2CC2)CCC1. The van der Waals surface area contributed by atoms with Gasteiger partial charge in [0.25, 0.3) is 0 Å². The van der Waals surface area contributed by atoms with E-state index in [0.717, 1.165) is 31.4 Å². The molecule has 110 valence electrons. The minimum absolute atomic E-state index is 0.603. The summed E-state index contributed by atoms with van der Waals surface area (Å²) in [7, 11) is 1.87. The van der Waals surface area contributed by atoms with Crippen molar-refractivity contribution in [3.05, 3.63) is 22.4 Å². The van der Waals surface area contributed by atoms with Crippen LogP contribution >= 0.6 is 11.3 Å². The molecule has 2 N–H and O–H groups in total. The summed E-state index contributed by atoms with van der Waals surface area (Å²) < 4.78 is 0. The van der Waals surface area contributed by atoms with E-state index in [1.807, 2.05) is 18.4 Å². The molecular weight excluding hydrogens is 266 g/mol. The average Bonchev–Trinajstić information content (AvgIpc) is 3.12. The standard InChI is InChI=1S/C16H25N3S/c1-17-15(18-10-7-14-4-2-11-20-14)19-12-16(8-3-9-16)13-5-6-13/h2,4,11,13H,3,5-10,12H2,1H3,(H2,17,18,19). The molecule has 2 saturated carbocycles. The Hall–Kier alpha value is -1.03. The largest absolute Gasteiger partial charge is 0.356 e. The van der Waals surface area contributed by atoms with Crippen LogP contribution in [0.4, 0.5) is 0 Å². The molecule has 3 rings (SSSR count). The van der Waals surface area contributed by atoms with Crippen molar-refractivity contribution in [1.29, 1.82) is 0 Å². The van der Waals surface area contributed by atoms with Crippen LogP contribution in [0.1, 0.15) is 37.0 Å². The summed E-state index contributed by atoms with van der Waals surface area (Å²) in [6, 6.07) is 4.31. The van der Waals surface area contributed by atoms with Gasteiger partial charge in [-0.25, -0.2) is 0 Å². The maximum absolute atomic E-state index is 4.35. The highest BCUT2D eigenvalue weighted by atomic mass is 32.1. The first-order chi connectivity index (χ1) is 9.82. The number of guanidine groups is 1. The van der Waals surface area contributed by atoms with Crippen LogP contribution in [0.2, 0.25) is 0 Å². The van der Waals surface area contributed by atoms with E-state index >= 15 is 0 Å². The third kappa shape index (κ3) is 3.17. The fourth-order valence-corrected chi connectivity index (χ4v) is 4.00. The van der Waals surface area contributed by atoms with Crippen LogP contribution in [0.5, 0.6) is 0 Å². The van der Waals surface area contributed by atoms with E-state index in [1.54, 1.807) is 0 Å². The van der Waals surface area contributed by atoms with Crippen molar-refractivity contribution < 1.29 is 0 Å². The summed E-state index contributed by atoms with van der Waals surface area (Å²) >= 11 is 1.82. The minimum atomic E-state index is 0.603. The third-order valence-electron chi connectivity index (χ3n) is 4.87. The maximum Gasteiger partial charge on any atom is 0.191 e. The predicted molar refractivity (Wildman–Crippen MR) is 86.4 cm³/mol. The van der Waals surface area contributed by atoms with Crippen molar-refractivity contribution in [2.75, 3.05) is 20.1 Å². The Morgan fingerprint density at radius 3 is 2.80 bits per heavy atom. The highest BCUT2D eigenvalue weighted by Gasteiger charge is 2.48. The Morgan fingerprint density at radius 1 is 1.40 bits per heavy atom. The normalized spacial score (nSPS) is 21.4. The van der Waals surface area contributed by atoms with Gasteiger partial charge in [0.05, 0.1) is 0 Å². The molecule has 0 amide bonds. The van der Waals surface area contributed by atoms with Crippen LogP contribution in [0.15, 0.2) is 22.5 Å². The summed E-state index contributed by atoms with van der Waals surface area (Å²) in [4.78, 5) is 5.78. The van der Waals surface area contributed by atoms with E-state index in [4.69, 9.17) is 0 Å². The first kappa shape index (κ1) is 13.9. The molecule has 0 bridgehead atoms. The van der Waals surface area contributed by atoms with Gasteiger partial charge >= 0.3 is 0 Å². The summed E-state index contributed by atoms with van der Waals surface area (Å²) in [5.74, 6) is 1.96. The summed E-state index contributed by atoms with van der Waals surface area (Å²) in [6.07, 6.45) is 8.22. The summed E-state index contributed by atoms with van der Waals surface area (Å²) in [5, 5.41) is 9.13. The molecule has 1 aromatic heterocycles. The van der Waals surface area contributed by atoms with Gasteiger partial charge in [-0.05, 0) is 54.9 Å². The average molecular weight is 291 g/mol. The number of aliphatic imine (C=N–C) groups is 1. The molecule has 0 aliphatic heterocycles. The van der Waals surface area contributed by atoms with Gasteiger partial charge in [0.15, 0.2) is 5.96 Å². The van der Waals surface area contributed by atoms with E-state index in [9.17, 15) is 0 Å². The number of nitrogens with zero attached hydrogens (tertiary/aromatic N) is 1. The molecule has 2 aliphatic rings. The highest BCUT2D eigenvalue weighted by Crippen LogP contribution is 2.56. The molecular formula is C16H25N3S. The Bertz CT molecular complexity index is 444. The van der Waals surface area contributed by atoms with Gasteiger partial charge in [-0.1, -0.05) is 12.5 Å². The zero-order chi connectivity index (χ0) is 13.8. The molecule has 0 atom stereocenters. The molecule has 3 nitrogen and oxygen atoms in total. The van der Waals surface area contributed by atoms with Gasteiger partial charge in [0.2, 0.25) is 0 Å². The monoisotopic (exact) mass is 291 g/mol. The molecule has 0 radical (unpaired) electrons. The summed E-state index contributed by atoms with van der Waals surface area (Å²) in [5.41, 5.74) is 0.603. The van der Waals surface area contributed by atoms with Gasteiger partial charge in [0, 0.05) is 25.0 Å². The third-order valence-corrected chi connectivity index (χ3v) is 5.80. The van der Waals surface area contributed by atoms with Gasteiger partial charge in [-0.15, -0.1) is 11.3 Å². The molecule has 4 heteroatoms. The second-order valence-corrected chi connectivity index (χ2v) is 7.20. The van der Waals surface area contributed by atoms with Gasteiger partial charge in [-0.2, -0.15) is 0 Å². The van der Waals surface area contributed by atoms with Crippen LogP contribution in [-0.2, 0) is 6.42 Å². The van der Waals surface area contributed by atoms with Crippen molar-refractivity contribution in [3.63, 3.8) is 0 Å². The molecule has 0 aromatic carbocycles. The van der Waals surface area contributed by atoms with Crippen LogP contribution in [0.3, 0.4) is 0 Å². The Labute approximate surface area is 125 Å². The molecule has 2 fully saturated rings. The fraction of sp³-hybridized carbons (Fsp3) is 0.688. The number of rotatable bonds is 6. The molecule has 0 saturated heterocycles. The topological polar surface area (TPSA) is 36.4 Å². The first-order valence-corrected chi connectivity index (χ1v) is 8.67. The van der Waals surface area contributed by atoms with Gasteiger partial charge in [-0.3, -0.25) is 4.99 Å². The highest BCUT2D eigenvalue weighted by molar-refractivity contribution is 7.09. The zero-order valence-corrected chi connectivity index (χ0v) is 13.1. The van der Waals surface area contributed by atoms with Crippen LogP contribution < -0.4 is 10.6 Å². The zero-order valence-electron chi connectivity index (χ0n) is 12.3. The molecule has 0 spiro atoms. The number of thiophene rings is 1. The lowest BCUT2D eigenvalue weighted by molar-refractivity contribution is 0.106. The van der Waals surface area contributed by atoms with Crippen molar-refractivity contribution >= 4 is 17.3 Å². The van der Waals surface area contributed by atoms with Crippen molar-refractivity contribution in [2.24, 2.45) is 16.3 Å². The van der Waals surface area contributed by atoms with E-state index in [2.05, 4.69) is 33.1 Å². The Kier molecular flexibility index (Phi) is 4.29. The van der Waals surface area contributed by atoms with E-state index in [0.29, 0.717) is 5.41 Å². The first-order valence-electron chi connectivity index (χ1n) is 7.79. The molecule has 20 heavy (non-hydrogen) atoms. The number of nitrogens with one attached hydrogen (secondary N) is 2. The minimum Gasteiger partial charge on any atom is -0.356 e. The number of hydrogen-bond acceptors (Lipinski definition) is 2. The Morgan fingerprint density at radius 2 is 2.25 bits per heavy atom. The van der Waals surface area contributed by atoms with E-state index in [-0.39, 0.29) is 0 Å². The molecule has 1 aromatic rings. The smallest absolute Gasteiger partial charge is 0.191 e. The van der Waals surface area contributed by atoms with Crippen molar-refractivity contribution in [3.8, 4) is 0 Å². The lowest BCUT2D eigenvalue weighted by Gasteiger charge is -2.43.